The second kappa shape index (κ2) is 5.35. The summed E-state index contributed by atoms with van der Waals surface area (Å²) in [6.07, 6.45) is -0.172. The van der Waals surface area contributed by atoms with Gasteiger partial charge in [-0.1, -0.05) is 20.8 Å². The molecule has 0 saturated heterocycles. The van der Waals surface area contributed by atoms with E-state index < -0.39 is 11.6 Å². The van der Waals surface area contributed by atoms with Gasteiger partial charge in [0.25, 0.3) is 0 Å². The highest BCUT2D eigenvalue weighted by atomic mass is 19.1. The summed E-state index contributed by atoms with van der Waals surface area (Å²) in [7, 11) is 0. The third-order valence-corrected chi connectivity index (χ3v) is 2.71. The smallest absolute Gasteiger partial charge is 0.441 e. The van der Waals surface area contributed by atoms with Gasteiger partial charge in [0.15, 0.2) is 11.6 Å². The molecular formula is C15H19FN2O3. The zero-order chi connectivity index (χ0) is 15.8. The molecule has 0 N–H and O–H groups in total. The lowest BCUT2D eigenvalue weighted by molar-refractivity contribution is 0.231. The van der Waals surface area contributed by atoms with Crippen LogP contribution in [0.4, 0.5) is 4.39 Å². The first-order valence-corrected chi connectivity index (χ1v) is 6.75. The van der Waals surface area contributed by atoms with Crippen LogP contribution >= 0.6 is 0 Å². The number of rotatable bonds is 3. The molecule has 1 aromatic carbocycles. The van der Waals surface area contributed by atoms with Crippen molar-refractivity contribution in [3.8, 4) is 11.4 Å². The first-order valence-electron chi connectivity index (χ1n) is 6.75. The Bertz CT molecular complexity index is 696. The molecule has 5 nitrogen and oxygen atoms in total. The monoisotopic (exact) mass is 294 g/mol. The lowest BCUT2D eigenvalue weighted by atomic mass is 9.97. The van der Waals surface area contributed by atoms with Crippen LogP contribution in [-0.2, 0) is 5.41 Å². The fraction of sp³-hybridized carbons (Fsp3) is 0.467. The molecule has 21 heavy (non-hydrogen) atoms. The van der Waals surface area contributed by atoms with Crippen molar-refractivity contribution in [2.24, 2.45) is 0 Å². The minimum absolute atomic E-state index is 0.0784. The highest BCUT2D eigenvalue weighted by Gasteiger charge is 2.23. The molecule has 1 aromatic heterocycles. The van der Waals surface area contributed by atoms with E-state index in [4.69, 9.17) is 9.15 Å². The fourth-order valence-electron chi connectivity index (χ4n) is 1.71. The molecule has 0 amide bonds. The van der Waals surface area contributed by atoms with Crippen molar-refractivity contribution in [1.82, 2.24) is 9.78 Å². The molecule has 2 aromatic rings. The van der Waals surface area contributed by atoms with Crippen molar-refractivity contribution >= 4 is 0 Å². The van der Waals surface area contributed by atoms with Crippen LogP contribution in [-0.4, -0.2) is 15.9 Å². The van der Waals surface area contributed by atoms with E-state index in [-0.39, 0.29) is 17.3 Å². The molecule has 0 bridgehead atoms. The van der Waals surface area contributed by atoms with Crippen LogP contribution in [0.1, 0.15) is 40.5 Å². The van der Waals surface area contributed by atoms with E-state index in [1.165, 1.54) is 18.2 Å². The van der Waals surface area contributed by atoms with Gasteiger partial charge in [-0.3, -0.25) is 0 Å². The first-order chi connectivity index (χ1) is 9.68. The molecule has 0 spiro atoms. The zero-order valence-corrected chi connectivity index (χ0v) is 12.8. The van der Waals surface area contributed by atoms with Crippen molar-refractivity contribution in [3.63, 3.8) is 0 Å². The molecule has 0 saturated carbocycles. The quantitative estimate of drug-likeness (QED) is 0.873. The Hall–Kier alpha value is -2.11. The Morgan fingerprint density at radius 3 is 2.52 bits per heavy atom. The summed E-state index contributed by atoms with van der Waals surface area (Å²) in [5, 5.41) is 4.16. The van der Waals surface area contributed by atoms with Crippen LogP contribution < -0.4 is 10.5 Å². The van der Waals surface area contributed by atoms with Gasteiger partial charge in [-0.15, -0.1) is 5.10 Å². The summed E-state index contributed by atoms with van der Waals surface area (Å²) < 4.78 is 25.3. The standard InChI is InChI=1S/C15H19FN2O3/c1-9(2)20-12-8-10(6-7-11(12)16)18-14(19)21-13(17-18)15(3,4)5/h6-9H,1-5H3. The normalized spacial score (nSPS) is 12.0. The third kappa shape index (κ3) is 3.32. The largest absolute Gasteiger partial charge is 0.488 e. The van der Waals surface area contributed by atoms with E-state index in [0.29, 0.717) is 11.6 Å². The number of aromatic nitrogens is 2. The Morgan fingerprint density at radius 2 is 2.00 bits per heavy atom. The Balaban J connectivity index is 2.48. The van der Waals surface area contributed by atoms with Crippen LogP contribution in [0.2, 0.25) is 0 Å². The van der Waals surface area contributed by atoms with Crippen LogP contribution in [0.25, 0.3) is 5.69 Å². The van der Waals surface area contributed by atoms with Crippen molar-refractivity contribution in [1.29, 1.82) is 0 Å². The van der Waals surface area contributed by atoms with Gasteiger partial charge in [-0.05, 0) is 26.0 Å². The molecule has 0 aliphatic carbocycles. The lowest BCUT2D eigenvalue weighted by Gasteiger charge is -2.12. The molecule has 1 heterocycles. The van der Waals surface area contributed by atoms with E-state index in [1.807, 2.05) is 20.8 Å². The Morgan fingerprint density at radius 1 is 1.33 bits per heavy atom. The number of benzene rings is 1. The first kappa shape index (κ1) is 15.3. The predicted octanol–water partition coefficient (Wildman–Crippen LogP) is 3.05. The van der Waals surface area contributed by atoms with Crippen molar-refractivity contribution in [3.05, 3.63) is 40.5 Å². The molecule has 114 valence electrons. The summed E-state index contributed by atoms with van der Waals surface area (Å²) in [4.78, 5) is 11.9. The topological polar surface area (TPSA) is 57.3 Å². The van der Waals surface area contributed by atoms with E-state index in [0.717, 1.165) is 4.68 Å². The van der Waals surface area contributed by atoms with Crippen LogP contribution in [0, 0.1) is 5.82 Å². The van der Waals surface area contributed by atoms with Gasteiger partial charge in [0.1, 0.15) is 0 Å². The molecule has 2 rings (SSSR count). The van der Waals surface area contributed by atoms with Crippen molar-refractivity contribution in [2.75, 3.05) is 0 Å². The van der Waals surface area contributed by atoms with Crippen LogP contribution in [0.5, 0.6) is 5.75 Å². The van der Waals surface area contributed by atoms with Crippen molar-refractivity contribution < 1.29 is 13.5 Å². The second-order valence-corrected chi connectivity index (χ2v) is 6.12. The maximum atomic E-state index is 13.7. The third-order valence-electron chi connectivity index (χ3n) is 2.71. The maximum absolute atomic E-state index is 13.7. The van der Waals surface area contributed by atoms with E-state index in [1.54, 1.807) is 13.8 Å². The van der Waals surface area contributed by atoms with Gasteiger partial charge in [-0.25, -0.2) is 9.18 Å². The molecule has 0 fully saturated rings. The predicted molar refractivity (Wildman–Crippen MR) is 76.5 cm³/mol. The van der Waals surface area contributed by atoms with Gasteiger partial charge in [-0.2, -0.15) is 4.68 Å². The highest BCUT2D eigenvalue weighted by molar-refractivity contribution is 5.39. The molecule has 6 heteroatoms. The molecule has 0 aliphatic rings. The number of ether oxygens (including phenoxy) is 1. The van der Waals surface area contributed by atoms with Crippen LogP contribution in [0.15, 0.2) is 27.4 Å². The van der Waals surface area contributed by atoms with Gasteiger partial charge in [0.05, 0.1) is 11.8 Å². The number of nitrogens with zero attached hydrogens (tertiary/aromatic N) is 2. The molecule has 0 atom stereocenters. The van der Waals surface area contributed by atoms with E-state index >= 15 is 0 Å². The number of hydrogen-bond donors (Lipinski definition) is 0. The summed E-state index contributed by atoms with van der Waals surface area (Å²) >= 11 is 0. The minimum atomic E-state index is -0.609. The van der Waals surface area contributed by atoms with Crippen molar-refractivity contribution in [2.45, 2.75) is 46.1 Å². The maximum Gasteiger partial charge on any atom is 0.441 e. The molecule has 0 unspecified atom stereocenters. The van der Waals surface area contributed by atoms with Gasteiger partial charge >= 0.3 is 5.76 Å². The minimum Gasteiger partial charge on any atom is -0.488 e. The van der Waals surface area contributed by atoms with Gasteiger partial charge in [0, 0.05) is 11.5 Å². The van der Waals surface area contributed by atoms with Gasteiger partial charge < -0.3 is 9.15 Å². The Kier molecular flexibility index (Phi) is 3.89. The summed E-state index contributed by atoms with van der Waals surface area (Å²) in [6.45, 7) is 9.26. The fourth-order valence-corrected chi connectivity index (χ4v) is 1.71. The average Bonchev–Trinajstić information content (AvgIpc) is 2.73. The summed E-state index contributed by atoms with van der Waals surface area (Å²) in [5.74, 6) is -0.695. The van der Waals surface area contributed by atoms with E-state index in [9.17, 15) is 9.18 Å². The van der Waals surface area contributed by atoms with Gasteiger partial charge in [0.2, 0.25) is 5.89 Å². The zero-order valence-electron chi connectivity index (χ0n) is 12.8. The van der Waals surface area contributed by atoms with E-state index in [2.05, 4.69) is 5.10 Å². The Labute approximate surface area is 122 Å². The summed E-state index contributed by atoms with van der Waals surface area (Å²) in [5.41, 5.74) is 0.0122. The molecule has 0 radical (unpaired) electrons. The summed E-state index contributed by atoms with van der Waals surface area (Å²) in [6, 6.07) is 4.13. The highest BCUT2D eigenvalue weighted by Crippen LogP contribution is 2.23. The number of hydrogen-bond acceptors (Lipinski definition) is 4. The molecular weight excluding hydrogens is 275 g/mol. The number of halogens is 1. The molecule has 0 aliphatic heterocycles. The van der Waals surface area contributed by atoms with Crippen LogP contribution in [0.3, 0.4) is 0 Å². The lowest BCUT2D eigenvalue weighted by Crippen LogP contribution is -2.15. The average molecular weight is 294 g/mol. The second-order valence-electron chi connectivity index (χ2n) is 6.12. The SMILES string of the molecule is CC(C)Oc1cc(-n2nc(C(C)(C)C)oc2=O)ccc1F.